The molecule has 0 aliphatic heterocycles. The Morgan fingerprint density at radius 1 is 1.14 bits per heavy atom. The van der Waals surface area contributed by atoms with Gasteiger partial charge in [-0.3, -0.25) is 4.79 Å². The zero-order valence-corrected chi connectivity index (χ0v) is 12.7. The molecule has 0 radical (unpaired) electrons. The van der Waals surface area contributed by atoms with Gasteiger partial charge in [-0.15, -0.1) is 0 Å². The highest BCUT2D eigenvalue weighted by Crippen LogP contribution is 2.14. The fourth-order valence-electron chi connectivity index (χ4n) is 2.22. The molecule has 2 aromatic carbocycles. The minimum Gasteiger partial charge on any atom is -0.494 e. The van der Waals surface area contributed by atoms with Gasteiger partial charge in [0.1, 0.15) is 5.75 Å². The molecule has 4 nitrogen and oxygen atoms in total. The predicted molar refractivity (Wildman–Crippen MR) is 85.7 cm³/mol. The van der Waals surface area contributed by atoms with Gasteiger partial charge in [0.2, 0.25) is 5.91 Å². The number of carbonyl (C=O) groups excluding carboxylic acids is 1. The maximum absolute atomic E-state index is 12.1. The van der Waals surface area contributed by atoms with E-state index in [1.165, 1.54) is 0 Å². The zero-order valence-electron chi connectivity index (χ0n) is 12.7. The van der Waals surface area contributed by atoms with Crippen LogP contribution in [-0.2, 0) is 11.2 Å². The van der Waals surface area contributed by atoms with E-state index in [2.05, 4.69) is 5.32 Å². The average molecular weight is 299 g/mol. The van der Waals surface area contributed by atoms with Crippen molar-refractivity contribution in [3.8, 4) is 5.75 Å². The monoisotopic (exact) mass is 299 g/mol. The summed E-state index contributed by atoms with van der Waals surface area (Å²) >= 11 is 0. The van der Waals surface area contributed by atoms with Crippen LogP contribution < -0.4 is 10.1 Å². The van der Waals surface area contributed by atoms with Gasteiger partial charge in [0.05, 0.1) is 25.7 Å². The second-order valence-electron chi connectivity index (χ2n) is 4.97. The first-order valence-electron chi connectivity index (χ1n) is 7.40. The standard InChI is InChI=1S/C18H21NO3/c1-2-22-16-10-8-14(9-11-16)12-18(21)19-17(13-20)15-6-4-3-5-7-15/h3-11,17,20H,2,12-13H2,1H3,(H,19,21). The molecule has 0 saturated heterocycles. The third-order valence-electron chi connectivity index (χ3n) is 3.32. The summed E-state index contributed by atoms with van der Waals surface area (Å²) in [6.45, 7) is 2.42. The van der Waals surface area contributed by atoms with Crippen LogP contribution in [0.2, 0.25) is 0 Å². The van der Waals surface area contributed by atoms with Gasteiger partial charge in [-0.1, -0.05) is 42.5 Å². The molecule has 0 heterocycles. The molecular formula is C18H21NO3. The van der Waals surface area contributed by atoms with Crippen LogP contribution in [0, 0.1) is 0 Å². The molecule has 0 bridgehead atoms. The minimum atomic E-state index is -0.378. The van der Waals surface area contributed by atoms with Crippen LogP contribution in [0.4, 0.5) is 0 Å². The van der Waals surface area contributed by atoms with Crippen molar-refractivity contribution in [2.24, 2.45) is 0 Å². The Bertz CT molecular complexity index is 581. The Morgan fingerprint density at radius 2 is 1.82 bits per heavy atom. The molecule has 1 amide bonds. The van der Waals surface area contributed by atoms with Crippen molar-refractivity contribution in [3.05, 3.63) is 65.7 Å². The molecule has 0 saturated carbocycles. The van der Waals surface area contributed by atoms with Crippen molar-refractivity contribution in [2.75, 3.05) is 13.2 Å². The lowest BCUT2D eigenvalue weighted by atomic mass is 10.1. The maximum Gasteiger partial charge on any atom is 0.224 e. The molecule has 0 spiro atoms. The first kappa shape index (κ1) is 16.0. The number of nitrogens with one attached hydrogen (secondary N) is 1. The van der Waals surface area contributed by atoms with E-state index in [1.807, 2.05) is 61.5 Å². The summed E-state index contributed by atoms with van der Waals surface area (Å²) in [4.78, 5) is 12.1. The van der Waals surface area contributed by atoms with Gasteiger partial charge >= 0.3 is 0 Å². The van der Waals surface area contributed by atoms with Gasteiger partial charge in [-0.2, -0.15) is 0 Å². The molecule has 116 valence electrons. The summed E-state index contributed by atoms with van der Waals surface area (Å²) in [5.41, 5.74) is 1.80. The number of ether oxygens (including phenoxy) is 1. The molecule has 1 unspecified atom stereocenters. The smallest absolute Gasteiger partial charge is 0.224 e. The summed E-state index contributed by atoms with van der Waals surface area (Å²) in [6, 6.07) is 16.5. The third kappa shape index (κ3) is 4.60. The van der Waals surface area contributed by atoms with Crippen molar-refractivity contribution in [1.29, 1.82) is 0 Å². The number of rotatable bonds is 7. The van der Waals surface area contributed by atoms with E-state index < -0.39 is 0 Å². The highest BCUT2D eigenvalue weighted by molar-refractivity contribution is 5.79. The molecule has 0 fully saturated rings. The number of carbonyl (C=O) groups is 1. The molecule has 2 N–H and O–H groups in total. The van der Waals surface area contributed by atoms with Crippen LogP contribution in [0.3, 0.4) is 0 Å². The van der Waals surface area contributed by atoms with Crippen LogP contribution in [-0.4, -0.2) is 24.2 Å². The van der Waals surface area contributed by atoms with E-state index in [4.69, 9.17) is 4.74 Å². The minimum absolute atomic E-state index is 0.118. The highest BCUT2D eigenvalue weighted by atomic mass is 16.5. The summed E-state index contributed by atoms with van der Waals surface area (Å²) in [5, 5.41) is 12.3. The Kier molecular flexibility index (Phi) is 5.98. The SMILES string of the molecule is CCOc1ccc(CC(=O)NC(CO)c2ccccc2)cc1. The lowest BCUT2D eigenvalue weighted by molar-refractivity contribution is -0.121. The first-order valence-corrected chi connectivity index (χ1v) is 7.40. The molecule has 22 heavy (non-hydrogen) atoms. The van der Waals surface area contributed by atoms with Crippen molar-refractivity contribution >= 4 is 5.91 Å². The summed E-state index contributed by atoms with van der Waals surface area (Å²) in [7, 11) is 0. The van der Waals surface area contributed by atoms with E-state index in [9.17, 15) is 9.90 Å². The van der Waals surface area contributed by atoms with Gasteiger partial charge < -0.3 is 15.2 Å². The first-order chi connectivity index (χ1) is 10.7. The van der Waals surface area contributed by atoms with Crippen LogP contribution >= 0.6 is 0 Å². The van der Waals surface area contributed by atoms with Gasteiger partial charge in [-0.25, -0.2) is 0 Å². The predicted octanol–water partition coefficient (Wildman–Crippen LogP) is 2.48. The number of hydrogen-bond donors (Lipinski definition) is 2. The number of amides is 1. The molecule has 2 aromatic rings. The fraction of sp³-hybridized carbons (Fsp3) is 0.278. The molecule has 2 rings (SSSR count). The van der Waals surface area contributed by atoms with Crippen LogP contribution in [0.5, 0.6) is 5.75 Å². The number of aliphatic hydroxyl groups is 1. The van der Waals surface area contributed by atoms with Gasteiger partial charge in [0.15, 0.2) is 0 Å². The summed E-state index contributed by atoms with van der Waals surface area (Å²) < 4.78 is 5.37. The van der Waals surface area contributed by atoms with E-state index in [0.717, 1.165) is 16.9 Å². The molecule has 0 aliphatic rings. The molecular weight excluding hydrogens is 278 g/mol. The van der Waals surface area contributed by atoms with E-state index in [-0.39, 0.29) is 25.0 Å². The van der Waals surface area contributed by atoms with E-state index in [0.29, 0.717) is 6.61 Å². The molecule has 0 aromatic heterocycles. The van der Waals surface area contributed by atoms with Crippen molar-refractivity contribution in [1.82, 2.24) is 5.32 Å². The second-order valence-corrected chi connectivity index (χ2v) is 4.97. The Balaban J connectivity index is 1.94. The Hall–Kier alpha value is -2.33. The summed E-state index contributed by atoms with van der Waals surface area (Å²) in [5.74, 6) is 0.677. The van der Waals surface area contributed by atoms with Crippen LogP contribution in [0.25, 0.3) is 0 Å². The quantitative estimate of drug-likeness (QED) is 0.826. The Labute approximate surface area is 130 Å². The average Bonchev–Trinajstić information content (AvgIpc) is 2.55. The zero-order chi connectivity index (χ0) is 15.8. The number of aliphatic hydroxyl groups excluding tert-OH is 1. The third-order valence-corrected chi connectivity index (χ3v) is 3.32. The fourth-order valence-corrected chi connectivity index (χ4v) is 2.22. The van der Waals surface area contributed by atoms with Gasteiger partial charge in [0, 0.05) is 0 Å². The summed E-state index contributed by atoms with van der Waals surface area (Å²) in [6.07, 6.45) is 0.274. The van der Waals surface area contributed by atoms with E-state index >= 15 is 0 Å². The van der Waals surface area contributed by atoms with E-state index in [1.54, 1.807) is 0 Å². The van der Waals surface area contributed by atoms with Crippen molar-refractivity contribution in [3.63, 3.8) is 0 Å². The molecule has 1 atom stereocenters. The topological polar surface area (TPSA) is 58.6 Å². The normalized spacial score (nSPS) is 11.7. The van der Waals surface area contributed by atoms with Crippen LogP contribution in [0.1, 0.15) is 24.1 Å². The van der Waals surface area contributed by atoms with Crippen LogP contribution in [0.15, 0.2) is 54.6 Å². The lowest BCUT2D eigenvalue weighted by Crippen LogP contribution is -2.31. The Morgan fingerprint density at radius 3 is 2.41 bits per heavy atom. The largest absolute Gasteiger partial charge is 0.494 e. The van der Waals surface area contributed by atoms with Crippen molar-refractivity contribution < 1.29 is 14.6 Å². The molecule has 0 aliphatic carbocycles. The lowest BCUT2D eigenvalue weighted by Gasteiger charge is -2.16. The second kappa shape index (κ2) is 8.20. The maximum atomic E-state index is 12.1. The number of hydrogen-bond acceptors (Lipinski definition) is 3. The number of benzene rings is 2. The van der Waals surface area contributed by atoms with Crippen molar-refractivity contribution in [2.45, 2.75) is 19.4 Å². The highest BCUT2D eigenvalue weighted by Gasteiger charge is 2.13. The van der Waals surface area contributed by atoms with Gasteiger partial charge in [-0.05, 0) is 30.2 Å². The van der Waals surface area contributed by atoms with Gasteiger partial charge in [0.25, 0.3) is 0 Å². The molecule has 4 heteroatoms.